The zero-order valence-electron chi connectivity index (χ0n) is 16.7. The van der Waals surface area contributed by atoms with E-state index in [2.05, 4.69) is 49.1 Å². The molecule has 0 aromatic heterocycles. The SMILES string of the molecule is CC#C[C@H]1CC[C@H](CCc2ccc(-c3ccc(CCC)cc3F)cc2)CC1. The van der Waals surface area contributed by atoms with Crippen LogP contribution in [0.25, 0.3) is 11.1 Å². The molecule has 0 unspecified atom stereocenters. The maximum absolute atomic E-state index is 14.4. The first-order chi connectivity index (χ1) is 13.2. The highest BCUT2D eigenvalue weighted by Crippen LogP contribution is 2.31. The molecule has 0 bridgehead atoms. The van der Waals surface area contributed by atoms with Crippen molar-refractivity contribution in [1.29, 1.82) is 0 Å². The third kappa shape index (κ3) is 5.46. The van der Waals surface area contributed by atoms with Gasteiger partial charge in [0.15, 0.2) is 0 Å². The van der Waals surface area contributed by atoms with Gasteiger partial charge in [0, 0.05) is 11.5 Å². The van der Waals surface area contributed by atoms with E-state index >= 15 is 0 Å². The summed E-state index contributed by atoms with van der Waals surface area (Å²) in [6.45, 7) is 4.07. The molecule has 1 fully saturated rings. The van der Waals surface area contributed by atoms with Crippen molar-refractivity contribution in [3.05, 3.63) is 59.4 Å². The Hall–Kier alpha value is -2.07. The highest BCUT2D eigenvalue weighted by molar-refractivity contribution is 5.64. The molecule has 0 nitrogen and oxygen atoms in total. The van der Waals surface area contributed by atoms with E-state index in [4.69, 9.17) is 0 Å². The average molecular weight is 363 g/mol. The molecule has 1 saturated carbocycles. The molecule has 27 heavy (non-hydrogen) atoms. The first-order valence-corrected chi connectivity index (χ1v) is 10.5. The minimum Gasteiger partial charge on any atom is -0.206 e. The number of aryl methyl sites for hydroxylation is 2. The van der Waals surface area contributed by atoms with Crippen molar-refractivity contribution in [3.63, 3.8) is 0 Å². The number of hydrogen-bond donors (Lipinski definition) is 0. The lowest BCUT2D eigenvalue weighted by atomic mass is 9.80. The molecular weight excluding hydrogens is 331 g/mol. The lowest BCUT2D eigenvalue weighted by Gasteiger charge is -2.25. The summed E-state index contributed by atoms with van der Waals surface area (Å²) in [5.74, 6) is 7.75. The van der Waals surface area contributed by atoms with E-state index in [1.807, 2.05) is 13.0 Å². The molecule has 142 valence electrons. The second-order valence-electron chi connectivity index (χ2n) is 7.91. The molecule has 1 aliphatic rings. The van der Waals surface area contributed by atoms with E-state index in [-0.39, 0.29) is 5.82 Å². The average Bonchev–Trinajstić information content (AvgIpc) is 2.69. The fourth-order valence-corrected chi connectivity index (χ4v) is 4.26. The molecule has 0 spiro atoms. The van der Waals surface area contributed by atoms with Gasteiger partial charge < -0.3 is 0 Å². The maximum atomic E-state index is 14.4. The Morgan fingerprint density at radius 2 is 1.63 bits per heavy atom. The third-order valence-corrected chi connectivity index (χ3v) is 5.87. The lowest BCUT2D eigenvalue weighted by Crippen LogP contribution is -2.14. The Morgan fingerprint density at radius 1 is 0.926 bits per heavy atom. The molecule has 2 aromatic rings. The van der Waals surface area contributed by atoms with Crippen LogP contribution in [-0.2, 0) is 12.8 Å². The van der Waals surface area contributed by atoms with Gasteiger partial charge in [0.2, 0.25) is 0 Å². The Kier molecular flexibility index (Phi) is 7.11. The monoisotopic (exact) mass is 362 g/mol. The van der Waals surface area contributed by atoms with Crippen molar-refractivity contribution in [1.82, 2.24) is 0 Å². The molecule has 0 amide bonds. The number of benzene rings is 2. The van der Waals surface area contributed by atoms with Gasteiger partial charge >= 0.3 is 0 Å². The number of halogens is 1. The summed E-state index contributed by atoms with van der Waals surface area (Å²) < 4.78 is 14.4. The molecular formula is C26H31F. The van der Waals surface area contributed by atoms with Crippen LogP contribution in [0.2, 0.25) is 0 Å². The van der Waals surface area contributed by atoms with Crippen LogP contribution in [0, 0.1) is 29.5 Å². The van der Waals surface area contributed by atoms with Crippen LogP contribution in [0.4, 0.5) is 4.39 Å². The molecule has 2 aromatic carbocycles. The molecule has 0 atom stereocenters. The summed E-state index contributed by atoms with van der Waals surface area (Å²) in [6.07, 6.45) is 9.50. The van der Waals surface area contributed by atoms with Crippen LogP contribution < -0.4 is 0 Å². The van der Waals surface area contributed by atoms with Crippen molar-refractivity contribution in [2.75, 3.05) is 0 Å². The Balaban J connectivity index is 1.55. The van der Waals surface area contributed by atoms with Crippen molar-refractivity contribution in [3.8, 4) is 23.0 Å². The standard InChI is InChI=1S/C26H31F/c1-3-5-20-7-9-21(10-8-20)11-12-22-13-16-24(17-14-22)25-18-15-23(6-4-2)19-26(25)27/h13-21H,4,6-12H2,1-2H3/t20-,21-. The number of hydrogen-bond acceptors (Lipinski definition) is 0. The zero-order valence-corrected chi connectivity index (χ0v) is 16.7. The normalized spacial score (nSPS) is 19.4. The molecule has 1 heteroatoms. The van der Waals surface area contributed by atoms with Crippen molar-refractivity contribution in [2.45, 2.75) is 65.2 Å². The van der Waals surface area contributed by atoms with Crippen LogP contribution in [0.15, 0.2) is 42.5 Å². The predicted octanol–water partition coefficient (Wildman–Crippen LogP) is 7.21. The van der Waals surface area contributed by atoms with Crippen molar-refractivity contribution in [2.24, 2.45) is 11.8 Å². The summed E-state index contributed by atoms with van der Waals surface area (Å²) in [6, 6.07) is 14.1. The summed E-state index contributed by atoms with van der Waals surface area (Å²) >= 11 is 0. The van der Waals surface area contributed by atoms with Crippen LogP contribution in [0.1, 0.15) is 63.5 Å². The molecule has 3 rings (SSSR count). The first kappa shape index (κ1) is 19.7. The maximum Gasteiger partial charge on any atom is 0.131 e. The Labute approximate surface area is 164 Å². The quantitative estimate of drug-likeness (QED) is 0.476. The van der Waals surface area contributed by atoms with Gasteiger partial charge in [-0.1, -0.05) is 49.7 Å². The zero-order chi connectivity index (χ0) is 19.1. The summed E-state index contributed by atoms with van der Waals surface area (Å²) in [5, 5.41) is 0. The second-order valence-corrected chi connectivity index (χ2v) is 7.91. The first-order valence-electron chi connectivity index (χ1n) is 10.5. The van der Waals surface area contributed by atoms with Gasteiger partial charge in [-0.2, -0.15) is 0 Å². The lowest BCUT2D eigenvalue weighted by molar-refractivity contribution is 0.302. The fraction of sp³-hybridized carbons (Fsp3) is 0.462. The summed E-state index contributed by atoms with van der Waals surface area (Å²) in [7, 11) is 0. The molecule has 0 aliphatic heterocycles. The van der Waals surface area contributed by atoms with Gasteiger partial charge in [-0.3, -0.25) is 0 Å². The minimum absolute atomic E-state index is 0.111. The molecule has 1 aliphatic carbocycles. The van der Waals surface area contributed by atoms with E-state index in [1.165, 1.54) is 37.7 Å². The van der Waals surface area contributed by atoms with E-state index < -0.39 is 0 Å². The summed E-state index contributed by atoms with van der Waals surface area (Å²) in [5.41, 5.74) is 4.11. The van der Waals surface area contributed by atoms with Crippen LogP contribution in [0.5, 0.6) is 0 Å². The van der Waals surface area contributed by atoms with Crippen LogP contribution >= 0.6 is 0 Å². The van der Waals surface area contributed by atoms with E-state index in [0.717, 1.165) is 36.3 Å². The second kappa shape index (κ2) is 9.75. The Morgan fingerprint density at radius 3 is 2.26 bits per heavy atom. The van der Waals surface area contributed by atoms with E-state index in [0.29, 0.717) is 11.5 Å². The van der Waals surface area contributed by atoms with Crippen molar-refractivity contribution < 1.29 is 4.39 Å². The predicted molar refractivity (Wildman–Crippen MR) is 113 cm³/mol. The van der Waals surface area contributed by atoms with Gasteiger partial charge in [0.1, 0.15) is 5.82 Å². The Bertz CT molecular complexity index is 783. The third-order valence-electron chi connectivity index (χ3n) is 5.87. The van der Waals surface area contributed by atoms with Gasteiger partial charge in [0.25, 0.3) is 0 Å². The van der Waals surface area contributed by atoms with Gasteiger partial charge in [0.05, 0.1) is 0 Å². The van der Waals surface area contributed by atoms with Gasteiger partial charge in [-0.15, -0.1) is 11.8 Å². The molecule has 0 saturated heterocycles. The fourth-order valence-electron chi connectivity index (χ4n) is 4.26. The molecule has 0 N–H and O–H groups in total. The van der Waals surface area contributed by atoms with E-state index in [9.17, 15) is 4.39 Å². The molecule has 0 heterocycles. The highest BCUT2D eigenvalue weighted by atomic mass is 19.1. The topological polar surface area (TPSA) is 0 Å². The summed E-state index contributed by atoms with van der Waals surface area (Å²) in [4.78, 5) is 0. The van der Waals surface area contributed by atoms with Gasteiger partial charge in [-0.25, -0.2) is 4.39 Å². The van der Waals surface area contributed by atoms with E-state index in [1.54, 1.807) is 6.07 Å². The largest absolute Gasteiger partial charge is 0.206 e. The smallest absolute Gasteiger partial charge is 0.131 e. The van der Waals surface area contributed by atoms with Crippen LogP contribution in [0.3, 0.4) is 0 Å². The van der Waals surface area contributed by atoms with Gasteiger partial charge in [-0.05, 0) is 80.5 Å². The minimum atomic E-state index is -0.111. The highest BCUT2D eigenvalue weighted by Gasteiger charge is 2.19. The molecule has 0 radical (unpaired) electrons. The van der Waals surface area contributed by atoms with Crippen molar-refractivity contribution >= 4 is 0 Å². The van der Waals surface area contributed by atoms with Crippen LogP contribution in [-0.4, -0.2) is 0 Å². The number of rotatable bonds is 6.